The number of hydrogen-bond donors (Lipinski definition) is 2. The highest BCUT2D eigenvalue weighted by atomic mass is 15.2. The molecule has 2 heterocycles. The summed E-state index contributed by atoms with van der Waals surface area (Å²) in [7, 11) is 0. The van der Waals surface area contributed by atoms with Crippen molar-refractivity contribution in [2.75, 3.05) is 10.6 Å². The molecule has 19 heavy (non-hydrogen) atoms. The number of aryl methyl sites for hydroxylation is 2. The van der Waals surface area contributed by atoms with Crippen LogP contribution in [0.25, 0.3) is 0 Å². The quantitative estimate of drug-likeness (QED) is 0.879. The third-order valence-corrected chi connectivity index (χ3v) is 3.02. The van der Waals surface area contributed by atoms with Gasteiger partial charge in [-0.2, -0.15) is 4.98 Å². The second-order valence-corrected chi connectivity index (χ2v) is 5.02. The largest absolute Gasteiger partial charge is 0.367 e. The van der Waals surface area contributed by atoms with Crippen LogP contribution in [0.5, 0.6) is 0 Å². The van der Waals surface area contributed by atoms with Crippen LogP contribution in [0, 0.1) is 13.8 Å². The summed E-state index contributed by atoms with van der Waals surface area (Å²) in [6.45, 7) is 4.02. The molecule has 1 aliphatic carbocycles. The van der Waals surface area contributed by atoms with E-state index >= 15 is 0 Å². The Hall–Kier alpha value is -2.17. The lowest BCUT2D eigenvalue weighted by Gasteiger charge is -2.10. The molecule has 0 saturated heterocycles. The molecule has 1 saturated carbocycles. The zero-order valence-corrected chi connectivity index (χ0v) is 11.1. The molecule has 0 aromatic carbocycles. The SMILES string of the molecule is Cc1cncc(Nc2ncc(C)c(NC3CC3)n2)c1. The van der Waals surface area contributed by atoms with Crippen molar-refractivity contribution in [1.29, 1.82) is 0 Å². The molecule has 3 rings (SSSR count). The Morgan fingerprint density at radius 1 is 1.16 bits per heavy atom. The van der Waals surface area contributed by atoms with Gasteiger partial charge in [-0.15, -0.1) is 0 Å². The summed E-state index contributed by atoms with van der Waals surface area (Å²) in [5, 5.41) is 6.60. The summed E-state index contributed by atoms with van der Waals surface area (Å²) in [5.74, 6) is 1.52. The minimum Gasteiger partial charge on any atom is -0.367 e. The normalized spacial score (nSPS) is 14.2. The Balaban J connectivity index is 1.80. The maximum atomic E-state index is 4.52. The molecule has 5 nitrogen and oxygen atoms in total. The smallest absolute Gasteiger partial charge is 0.229 e. The first-order chi connectivity index (χ1) is 9.20. The summed E-state index contributed by atoms with van der Waals surface area (Å²) in [5.41, 5.74) is 3.08. The molecular weight excluding hydrogens is 238 g/mol. The number of anilines is 3. The monoisotopic (exact) mass is 255 g/mol. The van der Waals surface area contributed by atoms with Crippen LogP contribution in [0.2, 0.25) is 0 Å². The lowest BCUT2D eigenvalue weighted by atomic mass is 10.3. The summed E-state index contributed by atoms with van der Waals surface area (Å²) >= 11 is 0. The van der Waals surface area contributed by atoms with Crippen LogP contribution in [0.15, 0.2) is 24.7 Å². The molecule has 0 bridgehead atoms. The van der Waals surface area contributed by atoms with Crippen molar-refractivity contribution in [3.05, 3.63) is 35.8 Å². The van der Waals surface area contributed by atoms with Crippen molar-refractivity contribution in [1.82, 2.24) is 15.0 Å². The van der Waals surface area contributed by atoms with Gasteiger partial charge in [0, 0.05) is 24.0 Å². The first-order valence-electron chi connectivity index (χ1n) is 6.49. The van der Waals surface area contributed by atoms with Crippen molar-refractivity contribution < 1.29 is 0 Å². The first-order valence-corrected chi connectivity index (χ1v) is 6.49. The van der Waals surface area contributed by atoms with Crippen molar-refractivity contribution in [3.63, 3.8) is 0 Å². The van der Waals surface area contributed by atoms with Crippen LogP contribution in [0.3, 0.4) is 0 Å². The molecule has 0 aliphatic heterocycles. The van der Waals surface area contributed by atoms with E-state index < -0.39 is 0 Å². The van der Waals surface area contributed by atoms with E-state index in [1.165, 1.54) is 12.8 Å². The van der Waals surface area contributed by atoms with Crippen LogP contribution in [0.1, 0.15) is 24.0 Å². The van der Waals surface area contributed by atoms with Gasteiger partial charge in [0.25, 0.3) is 0 Å². The number of nitrogens with zero attached hydrogens (tertiary/aromatic N) is 3. The molecular formula is C14H17N5. The van der Waals surface area contributed by atoms with Gasteiger partial charge in [0.2, 0.25) is 5.95 Å². The van der Waals surface area contributed by atoms with E-state index in [1.807, 2.05) is 32.3 Å². The second kappa shape index (κ2) is 4.84. The van der Waals surface area contributed by atoms with Gasteiger partial charge in [-0.1, -0.05) is 0 Å². The fourth-order valence-corrected chi connectivity index (χ4v) is 1.82. The maximum absolute atomic E-state index is 4.52. The van der Waals surface area contributed by atoms with E-state index in [0.29, 0.717) is 12.0 Å². The summed E-state index contributed by atoms with van der Waals surface area (Å²) in [6.07, 6.45) is 7.89. The second-order valence-electron chi connectivity index (χ2n) is 5.02. The predicted molar refractivity (Wildman–Crippen MR) is 75.7 cm³/mol. The first kappa shape index (κ1) is 11.9. The van der Waals surface area contributed by atoms with E-state index in [9.17, 15) is 0 Å². The Labute approximate surface area is 112 Å². The van der Waals surface area contributed by atoms with Gasteiger partial charge in [0.15, 0.2) is 0 Å². The lowest BCUT2D eigenvalue weighted by molar-refractivity contribution is 1.06. The topological polar surface area (TPSA) is 62.7 Å². The number of aromatic nitrogens is 3. The molecule has 5 heteroatoms. The van der Waals surface area contributed by atoms with E-state index in [1.54, 1.807) is 6.20 Å². The van der Waals surface area contributed by atoms with Gasteiger partial charge in [0.1, 0.15) is 5.82 Å². The zero-order valence-electron chi connectivity index (χ0n) is 11.1. The molecule has 0 unspecified atom stereocenters. The molecule has 1 aliphatic rings. The van der Waals surface area contributed by atoms with Gasteiger partial charge in [0.05, 0.1) is 11.9 Å². The van der Waals surface area contributed by atoms with E-state index in [0.717, 1.165) is 22.6 Å². The molecule has 0 amide bonds. The summed E-state index contributed by atoms with van der Waals surface area (Å²) < 4.78 is 0. The van der Waals surface area contributed by atoms with Gasteiger partial charge in [-0.3, -0.25) is 4.98 Å². The fraction of sp³-hybridized carbons (Fsp3) is 0.357. The highest BCUT2D eigenvalue weighted by Crippen LogP contribution is 2.26. The number of hydrogen-bond acceptors (Lipinski definition) is 5. The van der Waals surface area contributed by atoms with Gasteiger partial charge >= 0.3 is 0 Å². The van der Waals surface area contributed by atoms with Crippen LogP contribution < -0.4 is 10.6 Å². The molecule has 0 radical (unpaired) electrons. The Morgan fingerprint density at radius 2 is 2.00 bits per heavy atom. The summed E-state index contributed by atoms with van der Waals surface area (Å²) in [4.78, 5) is 13.0. The maximum Gasteiger partial charge on any atom is 0.229 e. The number of pyridine rings is 1. The van der Waals surface area contributed by atoms with Gasteiger partial charge < -0.3 is 10.6 Å². The predicted octanol–water partition coefficient (Wildman–Crippen LogP) is 2.81. The molecule has 0 atom stereocenters. The van der Waals surface area contributed by atoms with Gasteiger partial charge in [-0.25, -0.2) is 4.98 Å². The summed E-state index contributed by atoms with van der Waals surface area (Å²) in [6, 6.07) is 2.60. The Bertz CT molecular complexity index is 592. The van der Waals surface area contributed by atoms with Crippen molar-refractivity contribution in [2.24, 2.45) is 0 Å². The van der Waals surface area contributed by atoms with E-state index in [2.05, 4.69) is 25.6 Å². The molecule has 0 spiro atoms. The third kappa shape index (κ3) is 2.99. The minimum absolute atomic E-state index is 0.585. The van der Waals surface area contributed by atoms with Crippen molar-refractivity contribution in [3.8, 4) is 0 Å². The average molecular weight is 255 g/mol. The van der Waals surface area contributed by atoms with Crippen LogP contribution in [-0.4, -0.2) is 21.0 Å². The highest BCUT2D eigenvalue weighted by molar-refractivity contribution is 5.56. The zero-order chi connectivity index (χ0) is 13.2. The highest BCUT2D eigenvalue weighted by Gasteiger charge is 2.22. The fourth-order valence-electron chi connectivity index (χ4n) is 1.82. The van der Waals surface area contributed by atoms with Crippen LogP contribution in [-0.2, 0) is 0 Å². The van der Waals surface area contributed by atoms with Crippen LogP contribution >= 0.6 is 0 Å². The molecule has 2 N–H and O–H groups in total. The lowest BCUT2D eigenvalue weighted by Crippen LogP contribution is -2.07. The van der Waals surface area contributed by atoms with Crippen molar-refractivity contribution in [2.45, 2.75) is 32.7 Å². The third-order valence-electron chi connectivity index (χ3n) is 3.02. The minimum atomic E-state index is 0.585. The number of rotatable bonds is 4. The molecule has 1 fully saturated rings. The van der Waals surface area contributed by atoms with Gasteiger partial charge in [-0.05, 0) is 38.3 Å². The molecule has 98 valence electrons. The Kier molecular flexibility index (Phi) is 3.03. The molecule has 2 aromatic rings. The van der Waals surface area contributed by atoms with E-state index in [-0.39, 0.29) is 0 Å². The average Bonchev–Trinajstić information content (AvgIpc) is 3.17. The van der Waals surface area contributed by atoms with Crippen molar-refractivity contribution >= 4 is 17.5 Å². The molecule has 2 aromatic heterocycles. The van der Waals surface area contributed by atoms with E-state index in [4.69, 9.17) is 0 Å². The Morgan fingerprint density at radius 3 is 2.74 bits per heavy atom. The standard InChI is InChI=1S/C14H17N5/c1-9-5-12(8-15-6-9)18-14-16-7-10(2)13(19-14)17-11-3-4-11/h5-8,11H,3-4H2,1-2H3,(H2,16,17,18,19). The van der Waals surface area contributed by atoms with Crippen LogP contribution in [0.4, 0.5) is 17.5 Å². The number of nitrogens with one attached hydrogen (secondary N) is 2.